The van der Waals surface area contributed by atoms with Gasteiger partial charge in [0.2, 0.25) is 5.91 Å². The highest BCUT2D eigenvalue weighted by Gasteiger charge is 2.20. The number of amides is 1. The molecule has 1 aliphatic rings. The van der Waals surface area contributed by atoms with Crippen molar-refractivity contribution in [2.45, 2.75) is 25.4 Å². The van der Waals surface area contributed by atoms with Crippen LogP contribution in [-0.4, -0.2) is 59.3 Å². The van der Waals surface area contributed by atoms with Crippen LogP contribution in [0.1, 0.15) is 18.4 Å². The van der Waals surface area contributed by atoms with Gasteiger partial charge < -0.3 is 16.4 Å². The lowest BCUT2D eigenvalue weighted by Crippen LogP contribution is -2.49. The number of aliphatic imine (C=N–C) groups is 1. The van der Waals surface area contributed by atoms with E-state index >= 15 is 0 Å². The average molecular weight is 404 g/mol. The predicted molar refractivity (Wildman–Crippen MR) is 111 cm³/mol. The van der Waals surface area contributed by atoms with Crippen LogP contribution in [0.4, 0.5) is 0 Å². The van der Waals surface area contributed by atoms with Crippen molar-refractivity contribution in [2.75, 3.05) is 26.7 Å². The highest BCUT2D eigenvalue weighted by molar-refractivity contribution is 6.30. The van der Waals surface area contributed by atoms with Crippen molar-refractivity contribution in [3.63, 3.8) is 0 Å². The zero-order valence-corrected chi connectivity index (χ0v) is 16.7. The van der Waals surface area contributed by atoms with E-state index in [0.29, 0.717) is 24.2 Å². The number of likely N-dealkylation sites (tertiary alicyclic amines) is 1. The van der Waals surface area contributed by atoms with Crippen molar-refractivity contribution in [1.29, 1.82) is 0 Å². The number of nitrogens with zero attached hydrogens (tertiary/aromatic N) is 4. The molecular formula is C19H26ClN7O. The summed E-state index contributed by atoms with van der Waals surface area (Å²) in [5.41, 5.74) is 7.27. The maximum absolute atomic E-state index is 11.0. The highest BCUT2D eigenvalue weighted by Crippen LogP contribution is 2.13. The Kier molecular flexibility index (Phi) is 6.89. The summed E-state index contributed by atoms with van der Waals surface area (Å²) in [6.07, 6.45) is 5.70. The SMILES string of the molecule is CN=C(NCc1cnn(-c2ccc(Cl)cc2)c1)NC1CCN(CC(N)=O)CC1. The van der Waals surface area contributed by atoms with Crippen molar-refractivity contribution >= 4 is 23.5 Å². The van der Waals surface area contributed by atoms with E-state index in [1.165, 1.54) is 0 Å². The maximum atomic E-state index is 11.0. The van der Waals surface area contributed by atoms with E-state index in [2.05, 4.69) is 25.6 Å². The van der Waals surface area contributed by atoms with Crippen molar-refractivity contribution in [3.8, 4) is 5.69 Å². The van der Waals surface area contributed by atoms with Crippen LogP contribution in [0.3, 0.4) is 0 Å². The quantitative estimate of drug-likeness (QED) is 0.496. The smallest absolute Gasteiger partial charge is 0.231 e. The van der Waals surface area contributed by atoms with Crippen LogP contribution in [0.25, 0.3) is 5.69 Å². The first kappa shape index (κ1) is 20.2. The largest absolute Gasteiger partial charge is 0.369 e. The first-order valence-electron chi connectivity index (χ1n) is 9.31. The first-order chi connectivity index (χ1) is 13.5. The summed E-state index contributed by atoms with van der Waals surface area (Å²) in [6, 6.07) is 7.87. The number of halogens is 1. The molecule has 8 nitrogen and oxygen atoms in total. The molecule has 1 aliphatic heterocycles. The average Bonchev–Trinajstić information content (AvgIpc) is 3.15. The van der Waals surface area contributed by atoms with Gasteiger partial charge in [-0.05, 0) is 37.1 Å². The molecule has 1 fully saturated rings. The van der Waals surface area contributed by atoms with Crippen molar-refractivity contribution in [1.82, 2.24) is 25.3 Å². The molecule has 150 valence electrons. The minimum Gasteiger partial charge on any atom is -0.369 e. The Balaban J connectivity index is 1.47. The van der Waals surface area contributed by atoms with E-state index in [-0.39, 0.29) is 5.91 Å². The van der Waals surface area contributed by atoms with Gasteiger partial charge in [0.25, 0.3) is 0 Å². The van der Waals surface area contributed by atoms with E-state index in [1.54, 1.807) is 7.05 Å². The van der Waals surface area contributed by atoms with Gasteiger partial charge in [0.15, 0.2) is 5.96 Å². The maximum Gasteiger partial charge on any atom is 0.231 e. The first-order valence-corrected chi connectivity index (χ1v) is 9.68. The number of primary amides is 1. The van der Waals surface area contributed by atoms with Crippen LogP contribution in [0, 0.1) is 0 Å². The fraction of sp³-hybridized carbons (Fsp3) is 0.421. The van der Waals surface area contributed by atoms with Gasteiger partial charge in [-0.25, -0.2) is 4.68 Å². The second-order valence-electron chi connectivity index (χ2n) is 6.86. The monoisotopic (exact) mass is 403 g/mol. The molecule has 0 saturated carbocycles. The molecule has 9 heteroatoms. The Morgan fingerprint density at radius 1 is 1.32 bits per heavy atom. The minimum absolute atomic E-state index is 0.275. The fourth-order valence-electron chi connectivity index (χ4n) is 3.22. The summed E-state index contributed by atoms with van der Waals surface area (Å²) in [5.74, 6) is 0.482. The fourth-order valence-corrected chi connectivity index (χ4v) is 3.34. The predicted octanol–water partition coefficient (Wildman–Crippen LogP) is 1.14. The minimum atomic E-state index is -0.275. The van der Waals surface area contributed by atoms with Crippen molar-refractivity contribution in [3.05, 3.63) is 47.2 Å². The number of aromatic nitrogens is 2. The van der Waals surface area contributed by atoms with Crippen LogP contribution in [-0.2, 0) is 11.3 Å². The summed E-state index contributed by atoms with van der Waals surface area (Å²) < 4.78 is 1.82. The van der Waals surface area contributed by atoms with Gasteiger partial charge in [0, 0.05) is 49.5 Å². The van der Waals surface area contributed by atoms with Crippen LogP contribution in [0.5, 0.6) is 0 Å². The Bertz CT molecular complexity index is 810. The van der Waals surface area contributed by atoms with Gasteiger partial charge in [-0.1, -0.05) is 11.6 Å². The standard InChI is InChI=1S/C19H26ClN7O/c1-22-19(25-16-6-8-26(9-7-16)13-18(21)28)23-10-14-11-24-27(12-14)17-4-2-15(20)3-5-17/h2-5,11-12,16H,6-10,13H2,1H3,(H2,21,28)(H2,22,23,25). The van der Waals surface area contributed by atoms with Crippen molar-refractivity contribution < 1.29 is 4.79 Å². The van der Waals surface area contributed by atoms with Crippen LogP contribution in [0.15, 0.2) is 41.7 Å². The Morgan fingerprint density at radius 2 is 2.04 bits per heavy atom. The third kappa shape index (κ3) is 5.71. The molecule has 0 unspecified atom stereocenters. The zero-order valence-electron chi connectivity index (χ0n) is 15.9. The second kappa shape index (κ2) is 9.57. The van der Waals surface area contributed by atoms with Gasteiger partial charge in [-0.2, -0.15) is 5.10 Å². The molecular weight excluding hydrogens is 378 g/mol. The van der Waals surface area contributed by atoms with Crippen LogP contribution in [0.2, 0.25) is 5.02 Å². The van der Waals surface area contributed by atoms with Gasteiger partial charge in [-0.15, -0.1) is 0 Å². The number of piperidine rings is 1. The molecule has 1 saturated heterocycles. The number of carbonyl (C=O) groups is 1. The van der Waals surface area contributed by atoms with Gasteiger partial charge in [-0.3, -0.25) is 14.7 Å². The summed E-state index contributed by atoms with van der Waals surface area (Å²) in [6.45, 7) is 2.65. The lowest BCUT2D eigenvalue weighted by atomic mass is 10.1. The normalized spacial score (nSPS) is 16.1. The Morgan fingerprint density at radius 3 is 2.68 bits per heavy atom. The van der Waals surface area contributed by atoms with E-state index in [1.807, 2.05) is 41.3 Å². The van der Waals surface area contributed by atoms with Crippen LogP contribution >= 0.6 is 11.6 Å². The summed E-state index contributed by atoms with van der Waals surface area (Å²) >= 11 is 5.93. The number of rotatable bonds is 6. The number of guanidine groups is 1. The number of hydrogen-bond donors (Lipinski definition) is 3. The van der Waals surface area contributed by atoms with E-state index in [0.717, 1.165) is 43.1 Å². The number of benzene rings is 1. The van der Waals surface area contributed by atoms with E-state index in [4.69, 9.17) is 17.3 Å². The molecule has 1 aromatic heterocycles. The molecule has 2 heterocycles. The molecule has 3 rings (SSSR count). The third-order valence-electron chi connectivity index (χ3n) is 4.72. The molecule has 1 amide bonds. The topological polar surface area (TPSA) is 101 Å². The summed E-state index contributed by atoms with van der Waals surface area (Å²) in [7, 11) is 1.76. The molecule has 2 aromatic rings. The Hall–Kier alpha value is -2.58. The van der Waals surface area contributed by atoms with Crippen molar-refractivity contribution in [2.24, 2.45) is 10.7 Å². The molecule has 1 aromatic carbocycles. The van der Waals surface area contributed by atoms with E-state index < -0.39 is 0 Å². The third-order valence-corrected chi connectivity index (χ3v) is 4.97. The molecule has 0 radical (unpaired) electrons. The lowest BCUT2D eigenvalue weighted by Gasteiger charge is -2.32. The zero-order chi connectivity index (χ0) is 19.9. The molecule has 0 atom stereocenters. The highest BCUT2D eigenvalue weighted by atomic mass is 35.5. The molecule has 0 bridgehead atoms. The van der Waals surface area contributed by atoms with Gasteiger partial charge in [0.1, 0.15) is 0 Å². The second-order valence-corrected chi connectivity index (χ2v) is 7.29. The van der Waals surface area contributed by atoms with Gasteiger partial charge in [0.05, 0.1) is 18.4 Å². The number of hydrogen-bond acceptors (Lipinski definition) is 4. The lowest BCUT2D eigenvalue weighted by molar-refractivity contribution is -0.119. The summed E-state index contributed by atoms with van der Waals surface area (Å²) in [5, 5.41) is 11.9. The summed E-state index contributed by atoms with van der Waals surface area (Å²) in [4.78, 5) is 17.4. The number of carbonyl (C=O) groups excluding carboxylic acids is 1. The van der Waals surface area contributed by atoms with Crippen LogP contribution < -0.4 is 16.4 Å². The molecule has 28 heavy (non-hydrogen) atoms. The van der Waals surface area contributed by atoms with E-state index in [9.17, 15) is 4.79 Å². The molecule has 4 N–H and O–H groups in total. The Labute approximate surface area is 169 Å². The molecule has 0 aliphatic carbocycles. The number of nitrogens with two attached hydrogens (primary N) is 1. The molecule has 0 spiro atoms. The van der Waals surface area contributed by atoms with Gasteiger partial charge >= 0.3 is 0 Å². The number of nitrogens with one attached hydrogen (secondary N) is 2.